The van der Waals surface area contributed by atoms with E-state index in [4.69, 9.17) is 4.74 Å². The van der Waals surface area contributed by atoms with Crippen LogP contribution in [0.1, 0.15) is 59.3 Å². The van der Waals surface area contributed by atoms with Gasteiger partial charge in [-0.05, 0) is 50.5 Å². The summed E-state index contributed by atoms with van der Waals surface area (Å²) >= 11 is 0. The van der Waals surface area contributed by atoms with E-state index in [1.54, 1.807) is 0 Å². The Balaban J connectivity index is 1.69. The molecule has 2 aliphatic rings. The maximum absolute atomic E-state index is 5.94. The summed E-state index contributed by atoms with van der Waals surface area (Å²) in [5, 5.41) is 3.72. The van der Waals surface area contributed by atoms with Crippen LogP contribution in [0.4, 0.5) is 0 Å². The van der Waals surface area contributed by atoms with Gasteiger partial charge in [-0.1, -0.05) is 20.8 Å². The molecular weight excluding hydrogens is 198 g/mol. The summed E-state index contributed by atoms with van der Waals surface area (Å²) in [6.45, 7) is 9.06. The number of nitrogens with one attached hydrogen (secondary N) is 1. The van der Waals surface area contributed by atoms with E-state index in [-0.39, 0.29) is 5.60 Å². The standard InChI is InChI=1S/C14H27NO/c1-13(2,3)8-9-15-12-5-10-16-14(11-12)6-4-7-14/h12,15H,4-11H2,1-3H3. The van der Waals surface area contributed by atoms with Crippen LogP contribution in [0.25, 0.3) is 0 Å². The first-order chi connectivity index (χ1) is 7.49. The molecule has 0 aromatic rings. The van der Waals surface area contributed by atoms with Gasteiger partial charge in [-0.2, -0.15) is 0 Å². The SMILES string of the molecule is CC(C)(C)CCNC1CCOC2(CCC2)C1. The molecule has 94 valence electrons. The highest BCUT2D eigenvalue weighted by atomic mass is 16.5. The molecule has 1 atom stereocenters. The highest BCUT2D eigenvalue weighted by molar-refractivity contribution is 4.96. The number of hydrogen-bond donors (Lipinski definition) is 1. The van der Waals surface area contributed by atoms with Crippen molar-refractivity contribution in [2.45, 2.75) is 70.9 Å². The second-order valence-corrected chi connectivity index (χ2v) is 6.84. The van der Waals surface area contributed by atoms with Gasteiger partial charge in [-0.25, -0.2) is 0 Å². The molecule has 0 amide bonds. The Morgan fingerprint density at radius 3 is 2.62 bits per heavy atom. The molecule has 1 N–H and O–H groups in total. The van der Waals surface area contributed by atoms with E-state index >= 15 is 0 Å². The summed E-state index contributed by atoms with van der Waals surface area (Å²) in [5.41, 5.74) is 0.740. The molecule has 0 aromatic carbocycles. The van der Waals surface area contributed by atoms with Gasteiger partial charge >= 0.3 is 0 Å². The fourth-order valence-corrected chi connectivity index (χ4v) is 2.77. The molecule has 1 aliphatic heterocycles. The maximum Gasteiger partial charge on any atom is 0.0697 e. The third-order valence-electron chi connectivity index (χ3n) is 4.07. The summed E-state index contributed by atoms with van der Waals surface area (Å²) in [5.74, 6) is 0. The van der Waals surface area contributed by atoms with Crippen molar-refractivity contribution in [1.29, 1.82) is 0 Å². The Labute approximate surface area is 100 Å². The van der Waals surface area contributed by atoms with Crippen molar-refractivity contribution in [2.75, 3.05) is 13.2 Å². The van der Waals surface area contributed by atoms with Gasteiger partial charge in [0.15, 0.2) is 0 Å². The minimum atomic E-state index is 0.289. The van der Waals surface area contributed by atoms with Crippen LogP contribution in [0.15, 0.2) is 0 Å². The Hall–Kier alpha value is -0.0800. The van der Waals surface area contributed by atoms with Crippen molar-refractivity contribution < 1.29 is 4.74 Å². The Morgan fingerprint density at radius 2 is 2.06 bits per heavy atom. The average molecular weight is 225 g/mol. The van der Waals surface area contributed by atoms with Gasteiger partial charge < -0.3 is 10.1 Å². The van der Waals surface area contributed by atoms with Crippen LogP contribution in [0.3, 0.4) is 0 Å². The summed E-state index contributed by atoms with van der Waals surface area (Å²) in [7, 11) is 0. The van der Waals surface area contributed by atoms with Gasteiger partial charge in [0.1, 0.15) is 0 Å². The van der Waals surface area contributed by atoms with Crippen LogP contribution in [0, 0.1) is 5.41 Å². The van der Waals surface area contributed by atoms with Crippen LogP contribution in [0.5, 0.6) is 0 Å². The van der Waals surface area contributed by atoms with E-state index in [2.05, 4.69) is 26.1 Å². The maximum atomic E-state index is 5.94. The van der Waals surface area contributed by atoms with Gasteiger partial charge in [0.25, 0.3) is 0 Å². The zero-order valence-corrected chi connectivity index (χ0v) is 11.1. The molecule has 0 aromatic heterocycles. The van der Waals surface area contributed by atoms with Crippen molar-refractivity contribution in [1.82, 2.24) is 5.32 Å². The number of rotatable bonds is 3. The second-order valence-electron chi connectivity index (χ2n) is 6.84. The van der Waals surface area contributed by atoms with Crippen molar-refractivity contribution in [3.8, 4) is 0 Å². The second kappa shape index (κ2) is 4.66. The molecule has 2 fully saturated rings. The first-order valence-corrected chi connectivity index (χ1v) is 6.87. The van der Waals surface area contributed by atoms with Crippen LogP contribution in [-0.2, 0) is 4.74 Å². The Kier molecular flexibility index (Phi) is 3.60. The van der Waals surface area contributed by atoms with Gasteiger partial charge in [0.05, 0.1) is 5.60 Å². The molecule has 1 aliphatic carbocycles. The quantitative estimate of drug-likeness (QED) is 0.797. The minimum absolute atomic E-state index is 0.289. The highest BCUT2D eigenvalue weighted by Gasteiger charge is 2.42. The molecule has 0 bridgehead atoms. The van der Waals surface area contributed by atoms with Crippen LogP contribution >= 0.6 is 0 Å². The molecule has 1 spiro atoms. The van der Waals surface area contributed by atoms with Crippen molar-refractivity contribution >= 4 is 0 Å². The highest BCUT2D eigenvalue weighted by Crippen LogP contribution is 2.42. The predicted octanol–water partition coefficient (Wildman–Crippen LogP) is 3.11. The lowest BCUT2D eigenvalue weighted by Gasteiger charge is -2.47. The lowest BCUT2D eigenvalue weighted by Crippen LogP contribution is -2.51. The fourth-order valence-electron chi connectivity index (χ4n) is 2.77. The zero-order chi connectivity index (χ0) is 11.6. The summed E-state index contributed by atoms with van der Waals surface area (Å²) < 4.78 is 5.94. The van der Waals surface area contributed by atoms with Crippen LogP contribution in [-0.4, -0.2) is 24.8 Å². The molecule has 1 heterocycles. The predicted molar refractivity (Wildman–Crippen MR) is 67.6 cm³/mol. The monoisotopic (exact) mass is 225 g/mol. The van der Waals surface area contributed by atoms with E-state index in [1.165, 1.54) is 38.5 Å². The molecular formula is C14H27NO. The fraction of sp³-hybridized carbons (Fsp3) is 1.00. The molecule has 0 radical (unpaired) electrons. The minimum Gasteiger partial charge on any atom is -0.375 e. The van der Waals surface area contributed by atoms with Gasteiger partial charge in [0.2, 0.25) is 0 Å². The molecule has 16 heavy (non-hydrogen) atoms. The normalized spacial score (nSPS) is 29.1. The van der Waals surface area contributed by atoms with E-state index in [0.29, 0.717) is 11.5 Å². The third kappa shape index (κ3) is 3.21. The third-order valence-corrected chi connectivity index (χ3v) is 4.07. The molecule has 2 rings (SSSR count). The molecule has 1 saturated heterocycles. The topological polar surface area (TPSA) is 21.3 Å². The summed E-state index contributed by atoms with van der Waals surface area (Å²) in [6.07, 6.45) is 7.67. The van der Waals surface area contributed by atoms with E-state index < -0.39 is 0 Å². The van der Waals surface area contributed by atoms with Gasteiger partial charge in [-0.15, -0.1) is 0 Å². The molecule has 1 unspecified atom stereocenters. The van der Waals surface area contributed by atoms with Crippen LogP contribution < -0.4 is 5.32 Å². The Bertz CT molecular complexity index is 227. The van der Waals surface area contributed by atoms with Gasteiger partial charge in [-0.3, -0.25) is 0 Å². The number of ether oxygens (including phenoxy) is 1. The van der Waals surface area contributed by atoms with Crippen molar-refractivity contribution in [3.05, 3.63) is 0 Å². The smallest absolute Gasteiger partial charge is 0.0697 e. The summed E-state index contributed by atoms with van der Waals surface area (Å²) in [6, 6.07) is 0.705. The number of hydrogen-bond acceptors (Lipinski definition) is 2. The average Bonchev–Trinajstić information content (AvgIpc) is 2.14. The largest absolute Gasteiger partial charge is 0.375 e. The lowest BCUT2D eigenvalue weighted by molar-refractivity contribution is -0.135. The summed E-state index contributed by atoms with van der Waals surface area (Å²) in [4.78, 5) is 0. The van der Waals surface area contributed by atoms with E-state index in [0.717, 1.165) is 13.2 Å². The first-order valence-electron chi connectivity index (χ1n) is 6.87. The molecule has 2 nitrogen and oxygen atoms in total. The zero-order valence-electron chi connectivity index (χ0n) is 11.1. The van der Waals surface area contributed by atoms with E-state index in [1.807, 2.05) is 0 Å². The van der Waals surface area contributed by atoms with Crippen LogP contribution in [0.2, 0.25) is 0 Å². The van der Waals surface area contributed by atoms with Gasteiger partial charge in [0, 0.05) is 12.6 Å². The lowest BCUT2D eigenvalue weighted by atomic mass is 9.74. The van der Waals surface area contributed by atoms with Crippen molar-refractivity contribution in [3.63, 3.8) is 0 Å². The first kappa shape index (κ1) is 12.4. The molecule has 1 saturated carbocycles. The van der Waals surface area contributed by atoms with Crippen molar-refractivity contribution in [2.24, 2.45) is 5.41 Å². The van der Waals surface area contributed by atoms with E-state index in [9.17, 15) is 0 Å². The molecule has 2 heteroatoms. The Morgan fingerprint density at radius 1 is 1.31 bits per heavy atom.